The van der Waals surface area contributed by atoms with Crippen LogP contribution in [0.2, 0.25) is 0 Å². The Morgan fingerprint density at radius 3 is 2.67 bits per heavy atom. The Bertz CT molecular complexity index is 988. The second kappa shape index (κ2) is 8.94. The van der Waals surface area contributed by atoms with Crippen LogP contribution >= 0.6 is 0 Å². The van der Waals surface area contributed by atoms with Gasteiger partial charge in [-0.15, -0.1) is 0 Å². The van der Waals surface area contributed by atoms with Crippen molar-refractivity contribution in [2.24, 2.45) is 0 Å². The third-order valence-corrected chi connectivity index (χ3v) is 5.04. The molecule has 3 heterocycles. The summed E-state index contributed by atoms with van der Waals surface area (Å²) in [6.07, 6.45) is 3.44. The number of carbonyl (C=O) groups is 1. The molecule has 156 valence electrons. The lowest BCUT2D eigenvalue weighted by Crippen LogP contribution is -2.21. The number of pyridine rings is 1. The summed E-state index contributed by atoms with van der Waals surface area (Å²) in [6.45, 7) is 1.65. The van der Waals surface area contributed by atoms with E-state index < -0.39 is 6.17 Å². The van der Waals surface area contributed by atoms with Gasteiger partial charge < -0.3 is 15.0 Å². The molecular formula is C22H24FN5O2. The molecule has 1 aliphatic heterocycles. The van der Waals surface area contributed by atoms with E-state index in [-0.39, 0.29) is 12.3 Å². The van der Waals surface area contributed by atoms with Crippen molar-refractivity contribution >= 4 is 17.5 Å². The van der Waals surface area contributed by atoms with Crippen LogP contribution in [-0.2, 0) is 17.8 Å². The van der Waals surface area contributed by atoms with Gasteiger partial charge in [0.25, 0.3) is 0 Å². The maximum Gasteiger partial charge on any atom is 0.230 e. The molecule has 4 rings (SSSR count). The number of benzene rings is 1. The first-order valence-electron chi connectivity index (χ1n) is 9.89. The molecule has 0 spiro atoms. The number of halogens is 1. The number of alkyl halides is 1. The number of nitrogens with one attached hydrogen (secondary N) is 1. The fourth-order valence-electron chi connectivity index (χ4n) is 3.44. The molecule has 7 nitrogen and oxygen atoms in total. The van der Waals surface area contributed by atoms with Gasteiger partial charge in [0.15, 0.2) is 5.82 Å². The Hall–Kier alpha value is -3.42. The number of carbonyl (C=O) groups excluding carboxylic acids is 1. The second-order valence-corrected chi connectivity index (χ2v) is 7.33. The number of methoxy groups -OCH3 is 1. The fraction of sp³-hybridized carbons (Fsp3) is 0.318. The van der Waals surface area contributed by atoms with Crippen LogP contribution in [0.1, 0.15) is 17.5 Å². The van der Waals surface area contributed by atoms with Gasteiger partial charge in [0, 0.05) is 25.0 Å². The lowest BCUT2D eigenvalue weighted by atomic mass is 10.2. The molecule has 1 aliphatic rings. The van der Waals surface area contributed by atoms with Crippen molar-refractivity contribution in [3.63, 3.8) is 0 Å². The van der Waals surface area contributed by atoms with Crippen LogP contribution in [0.15, 0.2) is 54.9 Å². The number of aromatic nitrogens is 3. The molecule has 1 atom stereocenters. The Morgan fingerprint density at radius 2 is 2.00 bits per heavy atom. The zero-order valence-electron chi connectivity index (χ0n) is 16.8. The summed E-state index contributed by atoms with van der Waals surface area (Å²) in [5.41, 5.74) is 1.88. The quantitative estimate of drug-likeness (QED) is 0.649. The maximum atomic E-state index is 13.3. The van der Waals surface area contributed by atoms with Crippen LogP contribution in [0.3, 0.4) is 0 Å². The normalized spacial score (nSPS) is 15.9. The van der Waals surface area contributed by atoms with Crippen molar-refractivity contribution in [2.75, 3.05) is 30.4 Å². The lowest BCUT2D eigenvalue weighted by molar-refractivity contribution is -0.115. The molecule has 0 saturated carbocycles. The van der Waals surface area contributed by atoms with Crippen molar-refractivity contribution in [3.8, 4) is 5.75 Å². The number of hydrogen-bond acceptors (Lipinski definition) is 5. The van der Waals surface area contributed by atoms with E-state index in [0.717, 1.165) is 22.7 Å². The van der Waals surface area contributed by atoms with Gasteiger partial charge in [-0.3, -0.25) is 9.48 Å². The summed E-state index contributed by atoms with van der Waals surface area (Å²) >= 11 is 0. The Labute approximate surface area is 174 Å². The largest absolute Gasteiger partial charge is 0.497 e. The second-order valence-electron chi connectivity index (χ2n) is 7.33. The SMILES string of the molecule is COc1ccc(Cn2ccc(NC(=O)Cc3ccc(N4CC[C@H](F)C4)nc3)n2)cc1. The van der Waals surface area contributed by atoms with E-state index >= 15 is 0 Å². The van der Waals surface area contributed by atoms with Gasteiger partial charge >= 0.3 is 0 Å². The first kappa shape index (κ1) is 19.9. The third-order valence-electron chi connectivity index (χ3n) is 5.04. The molecule has 3 aromatic rings. The van der Waals surface area contributed by atoms with Gasteiger partial charge in [0.05, 0.1) is 26.6 Å². The summed E-state index contributed by atoms with van der Waals surface area (Å²) in [4.78, 5) is 18.6. The smallest absolute Gasteiger partial charge is 0.230 e. The zero-order chi connectivity index (χ0) is 20.9. The van der Waals surface area contributed by atoms with Crippen LogP contribution in [-0.4, -0.2) is 47.0 Å². The number of nitrogens with zero attached hydrogens (tertiary/aromatic N) is 4. The number of anilines is 2. The summed E-state index contributed by atoms with van der Waals surface area (Å²) in [5.74, 6) is 1.90. The number of rotatable bonds is 7. The van der Waals surface area contributed by atoms with Gasteiger partial charge in [-0.25, -0.2) is 9.37 Å². The predicted molar refractivity (Wildman–Crippen MR) is 113 cm³/mol. The Morgan fingerprint density at radius 1 is 1.20 bits per heavy atom. The molecule has 1 fully saturated rings. The van der Waals surface area contributed by atoms with Crippen LogP contribution < -0.4 is 15.0 Å². The fourth-order valence-corrected chi connectivity index (χ4v) is 3.44. The lowest BCUT2D eigenvalue weighted by Gasteiger charge is -2.16. The van der Waals surface area contributed by atoms with Crippen LogP contribution in [0, 0.1) is 0 Å². The average molecular weight is 409 g/mol. The summed E-state index contributed by atoms with van der Waals surface area (Å²) in [7, 11) is 1.64. The molecule has 2 aromatic heterocycles. The first-order valence-corrected chi connectivity index (χ1v) is 9.89. The third kappa shape index (κ3) is 4.94. The highest BCUT2D eigenvalue weighted by Gasteiger charge is 2.22. The highest BCUT2D eigenvalue weighted by atomic mass is 19.1. The number of amides is 1. The molecule has 0 unspecified atom stereocenters. The molecule has 8 heteroatoms. The van der Waals surface area contributed by atoms with Crippen LogP contribution in [0.5, 0.6) is 5.75 Å². The highest BCUT2D eigenvalue weighted by Crippen LogP contribution is 2.20. The monoisotopic (exact) mass is 409 g/mol. The molecule has 0 bridgehead atoms. The van der Waals surface area contributed by atoms with E-state index in [9.17, 15) is 9.18 Å². The molecular weight excluding hydrogens is 385 g/mol. The van der Waals surface area contributed by atoms with E-state index in [4.69, 9.17) is 4.74 Å². The van der Waals surface area contributed by atoms with Gasteiger partial charge in [-0.05, 0) is 35.7 Å². The van der Waals surface area contributed by atoms with Gasteiger partial charge in [0.1, 0.15) is 17.7 Å². The van der Waals surface area contributed by atoms with Crippen molar-refractivity contribution in [1.82, 2.24) is 14.8 Å². The van der Waals surface area contributed by atoms with E-state index in [1.165, 1.54) is 0 Å². The average Bonchev–Trinajstić information content (AvgIpc) is 3.38. The summed E-state index contributed by atoms with van der Waals surface area (Å²) in [5, 5.41) is 7.21. The van der Waals surface area contributed by atoms with Crippen LogP contribution in [0.25, 0.3) is 0 Å². The molecule has 0 radical (unpaired) electrons. The number of hydrogen-bond donors (Lipinski definition) is 1. The Kier molecular flexibility index (Phi) is 5.92. The number of ether oxygens (including phenoxy) is 1. The van der Waals surface area contributed by atoms with Crippen molar-refractivity contribution in [2.45, 2.75) is 25.6 Å². The van der Waals surface area contributed by atoms with Crippen molar-refractivity contribution < 1.29 is 13.9 Å². The van der Waals surface area contributed by atoms with Crippen molar-refractivity contribution in [3.05, 3.63) is 66.0 Å². The minimum atomic E-state index is -0.790. The molecule has 1 saturated heterocycles. The minimum absolute atomic E-state index is 0.163. The van der Waals surface area contributed by atoms with E-state index in [2.05, 4.69) is 15.4 Å². The zero-order valence-corrected chi connectivity index (χ0v) is 16.8. The Balaban J connectivity index is 1.29. The summed E-state index contributed by atoms with van der Waals surface area (Å²) in [6, 6.07) is 13.2. The maximum absolute atomic E-state index is 13.3. The molecule has 1 amide bonds. The topological polar surface area (TPSA) is 72.3 Å². The van der Waals surface area contributed by atoms with Crippen LogP contribution in [0.4, 0.5) is 16.0 Å². The molecule has 30 heavy (non-hydrogen) atoms. The van der Waals surface area contributed by atoms with Gasteiger partial charge in [-0.1, -0.05) is 18.2 Å². The van der Waals surface area contributed by atoms with Crippen molar-refractivity contribution in [1.29, 1.82) is 0 Å². The van der Waals surface area contributed by atoms with Gasteiger partial charge in [0.2, 0.25) is 5.91 Å². The minimum Gasteiger partial charge on any atom is -0.497 e. The van der Waals surface area contributed by atoms with E-state index in [1.54, 1.807) is 24.1 Å². The predicted octanol–water partition coefficient (Wildman–Crippen LogP) is 3.06. The molecule has 1 N–H and O–H groups in total. The summed E-state index contributed by atoms with van der Waals surface area (Å²) < 4.78 is 20.3. The van der Waals surface area contributed by atoms with E-state index in [0.29, 0.717) is 31.9 Å². The highest BCUT2D eigenvalue weighted by molar-refractivity contribution is 5.91. The van der Waals surface area contributed by atoms with E-state index in [1.807, 2.05) is 47.5 Å². The first-order chi connectivity index (χ1) is 14.6. The van der Waals surface area contributed by atoms with Gasteiger partial charge in [-0.2, -0.15) is 5.10 Å². The molecule has 0 aliphatic carbocycles. The standard InChI is InChI=1S/C22H24FN5O2/c1-30-19-5-2-16(3-6-19)14-28-11-9-20(26-28)25-22(29)12-17-4-7-21(24-13-17)27-10-8-18(23)15-27/h2-7,9,11,13,18H,8,10,12,14-15H2,1H3,(H,25,26,29)/t18-/m0/s1. The molecule has 1 aromatic carbocycles.